The summed E-state index contributed by atoms with van der Waals surface area (Å²) in [4.78, 5) is 16.7. The van der Waals surface area contributed by atoms with Crippen molar-refractivity contribution in [2.24, 2.45) is 0 Å². The van der Waals surface area contributed by atoms with E-state index >= 15 is 0 Å². The van der Waals surface area contributed by atoms with Crippen LogP contribution in [0.3, 0.4) is 0 Å². The van der Waals surface area contributed by atoms with Gasteiger partial charge in [0.05, 0.1) is 28.6 Å². The lowest BCUT2D eigenvalue weighted by Crippen LogP contribution is -2.13. The van der Waals surface area contributed by atoms with E-state index in [0.717, 1.165) is 15.6 Å². The second kappa shape index (κ2) is 9.17. The van der Waals surface area contributed by atoms with Gasteiger partial charge in [-0.3, -0.25) is 4.79 Å². The van der Waals surface area contributed by atoms with E-state index in [4.69, 9.17) is 39.5 Å². The minimum atomic E-state index is -0.150. The summed E-state index contributed by atoms with van der Waals surface area (Å²) in [6.45, 7) is 0. The number of nitrogens with zero attached hydrogens (tertiary/aromatic N) is 1. The largest absolute Gasteiger partial charge is 0.495 e. The monoisotopic (exact) mass is 458 g/mol. The van der Waals surface area contributed by atoms with E-state index < -0.39 is 0 Å². The van der Waals surface area contributed by atoms with Crippen LogP contribution in [-0.2, 0) is 4.79 Å². The Kier molecular flexibility index (Phi) is 6.89. The molecule has 0 aliphatic carbocycles. The van der Waals surface area contributed by atoms with Crippen molar-refractivity contribution in [3.63, 3.8) is 0 Å². The molecule has 3 aromatic rings. The summed E-state index contributed by atoms with van der Waals surface area (Å²) < 4.78 is 5.87. The molecule has 0 aliphatic rings. The molecule has 3 rings (SSSR count). The molecule has 140 valence electrons. The lowest BCUT2D eigenvalue weighted by atomic mass is 10.2. The molecule has 27 heavy (non-hydrogen) atoms. The molecule has 4 nitrogen and oxygen atoms in total. The molecular formula is C18H13Cl3N2O2S2. The minimum Gasteiger partial charge on any atom is -0.495 e. The molecule has 2 aromatic carbocycles. The molecule has 0 saturated heterocycles. The SMILES string of the molecule is COc1ccc(NC(=O)CSc2nc(-c3ccc(Cl)cc3Cl)cs2)cc1Cl. The summed E-state index contributed by atoms with van der Waals surface area (Å²) in [5.74, 6) is 0.632. The van der Waals surface area contributed by atoms with E-state index in [2.05, 4.69) is 10.3 Å². The van der Waals surface area contributed by atoms with Gasteiger partial charge in [-0.15, -0.1) is 11.3 Å². The number of hydrogen-bond donors (Lipinski definition) is 1. The number of amides is 1. The molecule has 1 amide bonds. The van der Waals surface area contributed by atoms with Gasteiger partial charge in [0.1, 0.15) is 5.75 Å². The molecule has 0 bridgehead atoms. The molecule has 9 heteroatoms. The maximum atomic E-state index is 12.2. The summed E-state index contributed by atoms with van der Waals surface area (Å²) in [7, 11) is 1.54. The lowest BCUT2D eigenvalue weighted by Gasteiger charge is -2.07. The number of rotatable bonds is 6. The zero-order chi connectivity index (χ0) is 19.4. The molecule has 0 fully saturated rings. The van der Waals surface area contributed by atoms with E-state index in [0.29, 0.717) is 26.5 Å². The third kappa shape index (κ3) is 5.30. The van der Waals surface area contributed by atoms with Crippen LogP contribution in [0.25, 0.3) is 11.3 Å². The Balaban J connectivity index is 1.59. The molecule has 0 aliphatic heterocycles. The fraction of sp³-hybridized carbons (Fsp3) is 0.111. The third-order valence-electron chi connectivity index (χ3n) is 3.45. The number of benzene rings is 2. The van der Waals surface area contributed by atoms with Gasteiger partial charge in [0, 0.05) is 21.7 Å². The molecule has 1 aromatic heterocycles. The van der Waals surface area contributed by atoms with E-state index in [1.165, 1.54) is 30.2 Å². The predicted molar refractivity (Wildman–Crippen MR) is 115 cm³/mol. The number of carbonyl (C=O) groups is 1. The number of thiazole rings is 1. The van der Waals surface area contributed by atoms with Crippen LogP contribution in [0.4, 0.5) is 5.69 Å². The molecule has 0 unspecified atom stereocenters. The maximum Gasteiger partial charge on any atom is 0.234 e. The van der Waals surface area contributed by atoms with Crippen LogP contribution in [0.2, 0.25) is 15.1 Å². The van der Waals surface area contributed by atoms with Crippen LogP contribution >= 0.6 is 57.9 Å². The first-order valence-electron chi connectivity index (χ1n) is 7.63. The first-order chi connectivity index (χ1) is 13.0. The molecule has 0 spiro atoms. The second-order valence-corrected chi connectivity index (χ2v) is 8.64. The predicted octanol–water partition coefficient (Wildman–Crippen LogP) is 6.51. The molecule has 1 N–H and O–H groups in total. The summed E-state index contributed by atoms with van der Waals surface area (Å²) in [6, 6.07) is 10.4. The van der Waals surface area contributed by atoms with Gasteiger partial charge in [-0.25, -0.2) is 4.98 Å². The Bertz CT molecular complexity index is 979. The van der Waals surface area contributed by atoms with Crippen LogP contribution in [0.5, 0.6) is 5.75 Å². The van der Waals surface area contributed by atoms with Gasteiger partial charge in [0.25, 0.3) is 0 Å². The maximum absolute atomic E-state index is 12.2. The standard InChI is InChI=1S/C18H13Cl3N2O2S2/c1-25-16-5-3-11(7-14(16)21)22-17(24)9-27-18-23-15(8-26-18)12-4-2-10(19)6-13(12)20/h2-8H,9H2,1H3,(H,22,24). The van der Waals surface area contributed by atoms with Gasteiger partial charge in [0.2, 0.25) is 5.91 Å². The molecule has 0 saturated carbocycles. The summed E-state index contributed by atoms with van der Waals surface area (Å²) >= 11 is 21.0. The van der Waals surface area contributed by atoms with Crippen molar-refractivity contribution >= 4 is 69.5 Å². The van der Waals surface area contributed by atoms with Gasteiger partial charge in [-0.2, -0.15) is 0 Å². The van der Waals surface area contributed by atoms with E-state index in [-0.39, 0.29) is 11.7 Å². The van der Waals surface area contributed by atoms with Crippen molar-refractivity contribution < 1.29 is 9.53 Å². The summed E-state index contributed by atoms with van der Waals surface area (Å²) in [6.07, 6.45) is 0. The van der Waals surface area contributed by atoms with Crippen molar-refractivity contribution in [3.05, 3.63) is 56.8 Å². The number of ether oxygens (including phenoxy) is 1. The molecular weight excluding hydrogens is 447 g/mol. The van der Waals surface area contributed by atoms with Crippen molar-refractivity contribution in [3.8, 4) is 17.0 Å². The summed E-state index contributed by atoms with van der Waals surface area (Å²) in [5.41, 5.74) is 2.17. The average molecular weight is 460 g/mol. The van der Waals surface area contributed by atoms with Crippen LogP contribution in [0, 0.1) is 0 Å². The Morgan fingerprint density at radius 3 is 2.70 bits per heavy atom. The Hall–Kier alpha value is -1.44. The lowest BCUT2D eigenvalue weighted by molar-refractivity contribution is -0.113. The smallest absolute Gasteiger partial charge is 0.234 e. The topological polar surface area (TPSA) is 51.2 Å². The number of anilines is 1. The van der Waals surface area contributed by atoms with Crippen LogP contribution in [0.15, 0.2) is 46.1 Å². The van der Waals surface area contributed by atoms with Gasteiger partial charge in [0.15, 0.2) is 4.34 Å². The zero-order valence-corrected chi connectivity index (χ0v) is 17.9. The number of nitrogens with one attached hydrogen (secondary N) is 1. The highest BCUT2D eigenvalue weighted by atomic mass is 35.5. The highest BCUT2D eigenvalue weighted by molar-refractivity contribution is 8.01. The Morgan fingerprint density at radius 1 is 1.19 bits per heavy atom. The first-order valence-corrected chi connectivity index (χ1v) is 10.6. The third-order valence-corrected chi connectivity index (χ3v) is 6.32. The molecule has 0 radical (unpaired) electrons. The highest BCUT2D eigenvalue weighted by Gasteiger charge is 2.11. The van der Waals surface area contributed by atoms with Crippen molar-refractivity contribution in [2.45, 2.75) is 4.34 Å². The number of hydrogen-bond acceptors (Lipinski definition) is 5. The van der Waals surface area contributed by atoms with Crippen molar-refractivity contribution in [2.75, 3.05) is 18.2 Å². The van der Waals surface area contributed by atoms with Gasteiger partial charge in [-0.1, -0.05) is 46.6 Å². The van der Waals surface area contributed by atoms with Gasteiger partial charge < -0.3 is 10.1 Å². The van der Waals surface area contributed by atoms with E-state index in [1.807, 2.05) is 11.4 Å². The fourth-order valence-corrected chi connectivity index (χ4v) is 4.60. The number of methoxy groups -OCH3 is 1. The van der Waals surface area contributed by atoms with Crippen LogP contribution in [-0.4, -0.2) is 23.8 Å². The number of thioether (sulfide) groups is 1. The quantitative estimate of drug-likeness (QED) is 0.427. The number of halogens is 3. The van der Waals surface area contributed by atoms with E-state index in [1.54, 1.807) is 30.3 Å². The van der Waals surface area contributed by atoms with Crippen LogP contribution < -0.4 is 10.1 Å². The number of carbonyl (C=O) groups excluding carboxylic acids is 1. The zero-order valence-electron chi connectivity index (χ0n) is 14.0. The van der Waals surface area contributed by atoms with Gasteiger partial charge >= 0.3 is 0 Å². The molecule has 0 atom stereocenters. The van der Waals surface area contributed by atoms with E-state index in [9.17, 15) is 4.79 Å². The first kappa shape index (κ1) is 20.3. The van der Waals surface area contributed by atoms with Gasteiger partial charge in [-0.05, 0) is 36.4 Å². The molecule has 1 heterocycles. The normalized spacial score (nSPS) is 10.7. The Labute approximate surface area is 179 Å². The fourth-order valence-electron chi connectivity index (χ4n) is 2.21. The van der Waals surface area contributed by atoms with Crippen molar-refractivity contribution in [1.29, 1.82) is 0 Å². The number of aromatic nitrogens is 1. The average Bonchev–Trinajstić information content (AvgIpc) is 3.09. The van der Waals surface area contributed by atoms with Crippen LogP contribution in [0.1, 0.15) is 0 Å². The minimum absolute atomic E-state index is 0.150. The Morgan fingerprint density at radius 2 is 2.00 bits per heavy atom. The summed E-state index contributed by atoms with van der Waals surface area (Å²) in [5, 5.41) is 6.25. The second-order valence-electron chi connectivity index (χ2n) is 5.31. The van der Waals surface area contributed by atoms with Crippen molar-refractivity contribution in [1.82, 2.24) is 4.98 Å². The highest BCUT2D eigenvalue weighted by Crippen LogP contribution is 2.34.